The van der Waals surface area contributed by atoms with Crippen molar-refractivity contribution in [1.82, 2.24) is 24.8 Å². The summed E-state index contributed by atoms with van der Waals surface area (Å²) in [7, 11) is 1.96. The number of aryl methyl sites for hydroxylation is 3. The standard InChI is InChI=1S/C18H21N5O3/c1-23-14-6-5-12(18(26)21-8-7-17(24)25)11-13(14)22-16(23)4-2-3-15-19-9-10-20-15/h5-6,9-11H,2-4,7-8H2,1H3,(H,19,20)(H,21,26)(H,24,25). The lowest BCUT2D eigenvalue weighted by Crippen LogP contribution is -2.25. The van der Waals surface area contributed by atoms with Crippen molar-refractivity contribution in [2.75, 3.05) is 6.54 Å². The first kappa shape index (κ1) is 17.7. The van der Waals surface area contributed by atoms with E-state index < -0.39 is 5.97 Å². The van der Waals surface area contributed by atoms with E-state index in [2.05, 4.69) is 20.3 Å². The number of H-pyrrole nitrogens is 1. The number of nitrogens with zero attached hydrogens (tertiary/aromatic N) is 3. The van der Waals surface area contributed by atoms with Gasteiger partial charge in [0.1, 0.15) is 11.6 Å². The number of aliphatic carboxylic acids is 1. The summed E-state index contributed by atoms with van der Waals surface area (Å²) < 4.78 is 2.03. The maximum absolute atomic E-state index is 12.1. The van der Waals surface area contributed by atoms with Crippen molar-refractivity contribution in [2.45, 2.75) is 25.7 Å². The molecule has 0 bridgehead atoms. The number of amides is 1. The Morgan fingerprint density at radius 3 is 2.88 bits per heavy atom. The second-order valence-electron chi connectivity index (χ2n) is 6.08. The highest BCUT2D eigenvalue weighted by atomic mass is 16.4. The predicted molar refractivity (Wildman–Crippen MR) is 95.9 cm³/mol. The van der Waals surface area contributed by atoms with Crippen LogP contribution >= 0.6 is 0 Å². The van der Waals surface area contributed by atoms with Crippen molar-refractivity contribution >= 4 is 22.9 Å². The molecule has 8 heteroatoms. The van der Waals surface area contributed by atoms with Crippen LogP contribution < -0.4 is 5.32 Å². The van der Waals surface area contributed by atoms with E-state index in [9.17, 15) is 9.59 Å². The van der Waals surface area contributed by atoms with Crippen molar-refractivity contribution in [2.24, 2.45) is 7.05 Å². The number of fused-ring (bicyclic) bond motifs is 1. The molecule has 0 saturated heterocycles. The fourth-order valence-corrected chi connectivity index (χ4v) is 2.85. The van der Waals surface area contributed by atoms with Crippen molar-refractivity contribution in [1.29, 1.82) is 0 Å². The molecule has 136 valence electrons. The second-order valence-corrected chi connectivity index (χ2v) is 6.08. The Morgan fingerprint density at radius 1 is 1.31 bits per heavy atom. The summed E-state index contributed by atoms with van der Waals surface area (Å²) in [5.41, 5.74) is 2.19. The third-order valence-corrected chi connectivity index (χ3v) is 4.23. The highest BCUT2D eigenvalue weighted by molar-refractivity contribution is 5.97. The van der Waals surface area contributed by atoms with E-state index in [1.807, 2.05) is 23.9 Å². The van der Waals surface area contributed by atoms with Crippen LogP contribution in [-0.4, -0.2) is 43.0 Å². The van der Waals surface area contributed by atoms with Crippen molar-refractivity contribution in [3.8, 4) is 0 Å². The molecule has 0 spiro atoms. The lowest BCUT2D eigenvalue weighted by atomic mass is 10.2. The van der Waals surface area contributed by atoms with Gasteiger partial charge in [-0.1, -0.05) is 0 Å². The summed E-state index contributed by atoms with van der Waals surface area (Å²) >= 11 is 0. The highest BCUT2D eigenvalue weighted by Crippen LogP contribution is 2.18. The molecule has 0 radical (unpaired) electrons. The zero-order valence-electron chi connectivity index (χ0n) is 14.5. The van der Waals surface area contributed by atoms with Crippen LogP contribution in [0.1, 0.15) is 34.8 Å². The van der Waals surface area contributed by atoms with Gasteiger partial charge in [-0.3, -0.25) is 9.59 Å². The van der Waals surface area contributed by atoms with E-state index in [0.29, 0.717) is 5.56 Å². The number of hydrogen-bond donors (Lipinski definition) is 3. The van der Waals surface area contributed by atoms with Crippen LogP contribution in [-0.2, 0) is 24.7 Å². The van der Waals surface area contributed by atoms with Gasteiger partial charge in [0.25, 0.3) is 5.91 Å². The van der Waals surface area contributed by atoms with E-state index in [4.69, 9.17) is 5.11 Å². The summed E-state index contributed by atoms with van der Waals surface area (Å²) in [4.78, 5) is 34.6. The van der Waals surface area contributed by atoms with Crippen LogP contribution in [0.2, 0.25) is 0 Å². The van der Waals surface area contributed by atoms with Gasteiger partial charge in [-0.15, -0.1) is 0 Å². The number of imidazole rings is 2. The second kappa shape index (κ2) is 7.81. The molecule has 3 N–H and O–H groups in total. The first-order valence-corrected chi connectivity index (χ1v) is 8.48. The molecular formula is C18H21N5O3. The molecule has 0 aliphatic heterocycles. The molecule has 26 heavy (non-hydrogen) atoms. The Kier molecular flexibility index (Phi) is 5.31. The molecule has 3 rings (SSSR count). The normalized spacial score (nSPS) is 11.0. The third-order valence-electron chi connectivity index (χ3n) is 4.23. The maximum atomic E-state index is 12.1. The van der Waals surface area contributed by atoms with Gasteiger partial charge in [-0.25, -0.2) is 9.97 Å². The Labute approximate surface area is 150 Å². The van der Waals surface area contributed by atoms with Gasteiger partial charge >= 0.3 is 5.97 Å². The molecule has 0 atom stereocenters. The Morgan fingerprint density at radius 2 is 2.15 bits per heavy atom. The zero-order chi connectivity index (χ0) is 18.5. The minimum absolute atomic E-state index is 0.0998. The summed E-state index contributed by atoms with van der Waals surface area (Å²) in [5, 5.41) is 11.2. The van der Waals surface area contributed by atoms with Crippen molar-refractivity contribution < 1.29 is 14.7 Å². The van der Waals surface area contributed by atoms with Crippen LogP contribution in [0.15, 0.2) is 30.6 Å². The minimum atomic E-state index is -0.940. The van der Waals surface area contributed by atoms with E-state index >= 15 is 0 Å². The number of rotatable bonds is 8. The number of hydrogen-bond acceptors (Lipinski definition) is 4. The number of benzene rings is 1. The quantitative estimate of drug-likeness (QED) is 0.569. The largest absolute Gasteiger partial charge is 0.481 e. The highest BCUT2D eigenvalue weighted by Gasteiger charge is 2.12. The monoisotopic (exact) mass is 355 g/mol. The molecule has 2 heterocycles. The number of aromatic amines is 1. The molecule has 1 amide bonds. The Hall–Kier alpha value is -3.16. The first-order chi connectivity index (χ1) is 12.5. The predicted octanol–water partition coefficient (Wildman–Crippen LogP) is 1.68. The van der Waals surface area contributed by atoms with Gasteiger partial charge < -0.3 is 20.0 Å². The van der Waals surface area contributed by atoms with Gasteiger partial charge in [0, 0.05) is 44.4 Å². The van der Waals surface area contributed by atoms with Crippen LogP contribution in [0.5, 0.6) is 0 Å². The van der Waals surface area contributed by atoms with E-state index in [1.165, 1.54) is 0 Å². The molecule has 2 aromatic heterocycles. The van der Waals surface area contributed by atoms with Crippen molar-refractivity contribution in [3.63, 3.8) is 0 Å². The molecule has 0 fully saturated rings. The molecule has 3 aromatic rings. The lowest BCUT2D eigenvalue weighted by Gasteiger charge is -2.04. The molecule has 0 aliphatic carbocycles. The van der Waals surface area contributed by atoms with Gasteiger partial charge in [-0.05, 0) is 24.6 Å². The molecular weight excluding hydrogens is 334 g/mol. The topological polar surface area (TPSA) is 113 Å². The van der Waals surface area contributed by atoms with E-state index in [-0.39, 0.29) is 18.9 Å². The maximum Gasteiger partial charge on any atom is 0.305 e. The van der Waals surface area contributed by atoms with Crippen LogP contribution in [0.3, 0.4) is 0 Å². The van der Waals surface area contributed by atoms with Gasteiger partial charge in [0.15, 0.2) is 0 Å². The number of carboxylic acids is 1. The zero-order valence-corrected chi connectivity index (χ0v) is 14.5. The SMILES string of the molecule is Cn1c(CCCc2ncc[nH]2)nc2cc(C(=O)NCCC(=O)O)ccc21. The van der Waals surface area contributed by atoms with Gasteiger partial charge in [-0.2, -0.15) is 0 Å². The van der Waals surface area contributed by atoms with E-state index in [0.717, 1.165) is 41.9 Å². The fourth-order valence-electron chi connectivity index (χ4n) is 2.85. The average Bonchev–Trinajstić information content (AvgIpc) is 3.23. The number of carboxylic acid groups (broad SMARTS) is 1. The number of aromatic nitrogens is 4. The number of carbonyl (C=O) groups excluding carboxylic acids is 1. The van der Waals surface area contributed by atoms with E-state index in [1.54, 1.807) is 18.3 Å². The summed E-state index contributed by atoms with van der Waals surface area (Å²) in [6.07, 6.45) is 6.05. The number of nitrogens with one attached hydrogen (secondary N) is 2. The van der Waals surface area contributed by atoms with Gasteiger partial charge in [0.05, 0.1) is 17.5 Å². The molecule has 8 nitrogen and oxygen atoms in total. The number of carbonyl (C=O) groups is 2. The minimum Gasteiger partial charge on any atom is -0.481 e. The lowest BCUT2D eigenvalue weighted by molar-refractivity contribution is -0.136. The summed E-state index contributed by atoms with van der Waals surface area (Å²) in [5.74, 6) is 0.682. The summed E-state index contributed by atoms with van der Waals surface area (Å²) in [6.45, 7) is 0.104. The van der Waals surface area contributed by atoms with Crippen LogP contribution in [0, 0.1) is 0 Å². The van der Waals surface area contributed by atoms with Gasteiger partial charge in [0.2, 0.25) is 0 Å². The Bertz CT molecular complexity index is 914. The third kappa shape index (κ3) is 4.08. The summed E-state index contributed by atoms with van der Waals surface area (Å²) in [6, 6.07) is 5.33. The molecule has 1 aromatic carbocycles. The van der Waals surface area contributed by atoms with Crippen LogP contribution in [0.4, 0.5) is 0 Å². The first-order valence-electron chi connectivity index (χ1n) is 8.48. The fraction of sp³-hybridized carbons (Fsp3) is 0.333. The average molecular weight is 355 g/mol. The molecule has 0 unspecified atom stereocenters. The van der Waals surface area contributed by atoms with Crippen LogP contribution in [0.25, 0.3) is 11.0 Å². The molecule has 0 saturated carbocycles. The Balaban J connectivity index is 1.67. The molecule has 0 aliphatic rings. The van der Waals surface area contributed by atoms with Crippen molar-refractivity contribution in [3.05, 3.63) is 47.8 Å². The smallest absolute Gasteiger partial charge is 0.305 e.